The summed E-state index contributed by atoms with van der Waals surface area (Å²) in [5, 5.41) is 3.26. The molecule has 0 bridgehead atoms. The van der Waals surface area contributed by atoms with Crippen LogP contribution in [0.4, 0.5) is 4.39 Å². The maximum Gasteiger partial charge on any atom is 0.141 e. The van der Waals surface area contributed by atoms with Crippen molar-refractivity contribution in [1.82, 2.24) is 15.2 Å². The summed E-state index contributed by atoms with van der Waals surface area (Å²) in [6, 6.07) is 3.44. The Labute approximate surface area is 115 Å². The van der Waals surface area contributed by atoms with E-state index >= 15 is 0 Å². The first-order chi connectivity index (χ1) is 9.19. The van der Waals surface area contributed by atoms with E-state index in [2.05, 4.69) is 22.2 Å². The van der Waals surface area contributed by atoms with E-state index in [0.29, 0.717) is 0 Å². The van der Waals surface area contributed by atoms with Crippen molar-refractivity contribution in [2.75, 3.05) is 27.2 Å². The predicted molar refractivity (Wildman–Crippen MR) is 75.5 cm³/mol. The van der Waals surface area contributed by atoms with Gasteiger partial charge in [0.2, 0.25) is 0 Å². The molecule has 4 heteroatoms. The van der Waals surface area contributed by atoms with Crippen LogP contribution in [0.2, 0.25) is 0 Å². The SMILES string of the molecule is CNC(CCN(C)CC1CCC1)c1ccc(F)cn1. The average Bonchev–Trinajstić information content (AvgIpc) is 2.36. The number of pyridine rings is 1. The summed E-state index contributed by atoms with van der Waals surface area (Å²) in [6.07, 6.45) is 6.46. The van der Waals surface area contributed by atoms with Crippen LogP contribution in [-0.2, 0) is 0 Å². The minimum Gasteiger partial charge on any atom is -0.312 e. The number of hydrogen-bond acceptors (Lipinski definition) is 3. The molecule has 1 aromatic rings. The predicted octanol–water partition coefficient (Wildman–Crippen LogP) is 2.60. The molecule has 0 saturated heterocycles. The summed E-state index contributed by atoms with van der Waals surface area (Å²) in [6.45, 7) is 2.24. The standard InChI is InChI=1S/C15H24FN3/c1-17-14(15-7-6-13(16)10-18-15)8-9-19(2)11-12-4-3-5-12/h6-7,10,12,14,17H,3-5,8-9,11H2,1-2H3. The van der Waals surface area contributed by atoms with Gasteiger partial charge in [0.1, 0.15) is 5.82 Å². The number of nitrogens with one attached hydrogen (secondary N) is 1. The van der Waals surface area contributed by atoms with Crippen LogP contribution < -0.4 is 5.32 Å². The Morgan fingerprint density at radius 3 is 2.79 bits per heavy atom. The quantitative estimate of drug-likeness (QED) is 0.821. The molecule has 1 fully saturated rings. The summed E-state index contributed by atoms with van der Waals surface area (Å²) in [5.74, 6) is 0.627. The van der Waals surface area contributed by atoms with E-state index in [1.54, 1.807) is 6.07 Å². The first-order valence-electron chi connectivity index (χ1n) is 7.16. The molecule has 1 aliphatic rings. The van der Waals surface area contributed by atoms with Crippen LogP contribution in [0.5, 0.6) is 0 Å². The van der Waals surface area contributed by atoms with E-state index in [9.17, 15) is 4.39 Å². The Balaban J connectivity index is 1.79. The van der Waals surface area contributed by atoms with Gasteiger partial charge in [-0.15, -0.1) is 0 Å². The maximum atomic E-state index is 12.9. The van der Waals surface area contributed by atoms with Gasteiger partial charge in [-0.05, 0) is 58.0 Å². The Morgan fingerprint density at radius 2 is 2.26 bits per heavy atom. The highest BCUT2D eigenvalue weighted by Gasteiger charge is 2.19. The highest BCUT2D eigenvalue weighted by atomic mass is 19.1. The molecule has 1 N–H and O–H groups in total. The van der Waals surface area contributed by atoms with E-state index in [1.807, 2.05) is 7.05 Å². The average molecular weight is 265 g/mol. The molecular weight excluding hydrogens is 241 g/mol. The van der Waals surface area contributed by atoms with Crippen LogP contribution in [-0.4, -0.2) is 37.1 Å². The first-order valence-corrected chi connectivity index (χ1v) is 7.16. The van der Waals surface area contributed by atoms with Gasteiger partial charge in [-0.3, -0.25) is 4.98 Å². The zero-order chi connectivity index (χ0) is 13.7. The van der Waals surface area contributed by atoms with Crippen molar-refractivity contribution in [1.29, 1.82) is 0 Å². The van der Waals surface area contributed by atoms with E-state index < -0.39 is 0 Å². The second-order valence-electron chi connectivity index (χ2n) is 5.59. The van der Waals surface area contributed by atoms with Gasteiger partial charge in [-0.1, -0.05) is 6.42 Å². The number of rotatable bonds is 7. The van der Waals surface area contributed by atoms with Crippen molar-refractivity contribution >= 4 is 0 Å². The smallest absolute Gasteiger partial charge is 0.141 e. The summed E-state index contributed by atoms with van der Waals surface area (Å²) in [7, 11) is 4.12. The lowest BCUT2D eigenvalue weighted by Gasteiger charge is -2.30. The third-order valence-corrected chi connectivity index (χ3v) is 4.05. The van der Waals surface area contributed by atoms with E-state index in [0.717, 1.165) is 24.6 Å². The Bertz CT molecular complexity index is 375. The van der Waals surface area contributed by atoms with E-state index in [1.165, 1.54) is 38.1 Å². The number of nitrogens with zero attached hydrogens (tertiary/aromatic N) is 2. The van der Waals surface area contributed by atoms with E-state index in [-0.39, 0.29) is 11.9 Å². The minimum atomic E-state index is -0.277. The molecule has 0 amide bonds. The first kappa shape index (κ1) is 14.4. The molecule has 1 saturated carbocycles. The van der Waals surface area contributed by atoms with Crippen LogP contribution in [0.25, 0.3) is 0 Å². The fraction of sp³-hybridized carbons (Fsp3) is 0.667. The van der Waals surface area contributed by atoms with Crippen molar-refractivity contribution < 1.29 is 4.39 Å². The molecule has 106 valence electrons. The lowest BCUT2D eigenvalue weighted by molar-refractivity contribution is 0.199. The maximum absolute atomic E-state index is 12.9. The summed E-state index contributed by atoms with van der Waals surface area (Å²) < 4.78 is 12.9. The van der Waals surface area contributed by atoms with Crippen LogP contribution in [0.3, 0.4) is 0 Å². The highest BCUT2D eigenvalue weighted by Crippen LogP contribution is 2.27. The van der Waals surface area contributed by atoms with Crippen molar-refractivity contribution in [3.05, 3.63) is 29.8 Å². The van der Waals surface area contributed by atoms with Gasteiger partial charge in [-0.25, -0.2) is 4.39 Å². The molecule has 3 nitrogen and oxygen atoms in total. The van der Waals surface area contributed by atoms with Gasteiger partial charge < -0.3 is 10.2 Å². The lowest BCUT2D eigenvalue weighted by Crippen LogP contribution is -2.32. The minimum absolute atomic E-state index is 0.199. The fourth-order valence-electron chi connectivity index (χ4n) is 2.59. The molecule has 0 aromatic carbocycles. The molecule has 1 unspecified atom stereocenters. The largest absolute Gasteiger partial charge is 0.312 e. The van der Waals surface area contributed by atoms with Crippen LogP contribution in [0.15, 0.2) is 18.3 Å². The van der Waals surface area contributed by atoms with Gasteiger partial charge in [0.05, 0.1) is 17.9 Å². The van der Waals surface area contributed by atoms with Gasteiger partial charge in [-0.2, -0.15) is 0 Å². The van der Waals surface area contributed by atoms with E-state index in [4.69, 9.17) is 0 Å². The van der Waals surface area contributed by atoms with Crippen LogP contribution in [0.1, 0.15) is 37.4 Å². The molecule has 1 atom stereocenters. The summed E-state index contributed by atoms with van der Waals surface area (Å²) in [5.41, 5.74) is 0.918. The molecule has 1 aromatic heterocycles. The number of halogens is 1. The molecule has 1 aliphatic carbocycles. The zero-order valence-electron chi connectivity index (χ0n) is 11.9. The van der Waals surface area contributed by atoms with Gasteiger partial charge >= 0.3 is 0 Å². The van der Waals surface area contributed by atoms with Crippen molar-refractivity contribution in [2.24, 2.45) is 5.92 Å². The van der Waals surface area contributed by atoms with Crippen LogP contribution in [0, 0.1) is 11.7 Å². The van der Waals surface area contributed by atoms with Crippen LogP contribution >= 0.6 is 0 Å². The highest BCUT2D eigenvalue weighted by molar-refractivity contribution is 5.09. The second kappa shape index (κ2) is 6.96. The molecule has 0 aliphatic heterocycles. The molecule has 0 spiro atoms. The Kier molecular flexibility index (Phi) is 5.28. The Hall–Kier alpha value is -1.00. The fourth-order valence-corrected chi connectivity index (χ4v) is 2.59. The normalized spacial score (nSPS) is 17.5. The molecule has 0 radical (unpaired) electrons. The molecule has 1 heterocycles. The topological polar surface area (TPSA) is 28.2 Å². The third kappa shape index (κ3) is 4.25. The van der Waals surface area contributed by atoms with Gasteiger partial charge in [0.15, 0.2) is 0 Å². The number of aromatic nitrogens is 1. The second-order valence-corrected chi connectivity index (χ2v) is 5.59. The van der Waals surface area contributed by atoms with Gasteiger partial charge in [0, 0.05) is 6.54 Å². The van der Waals surface area contributed by atoms with Crippen molar-refractivity contribution in [3.63, 3.8) is 0 Å². The lowest BCUT2D eigenvalue weighted by atomic mass is 9.85. The summed E-state index contributed by atoms with van der Waals surface area (Å²) >= 11 is 0. The monoisotopic (exact) mass is 265 g/mol. The zero-order valence-corrected chi connectivity index (χ0v) is 11.9. The van der Waals surface area contributed by atoms with Crippen molar-refractivity contribution in [3.8, 4) is 0 Å². The molecule has 19 heavy (non-hydrogen) atoms. The number of hydrogen-bond donors (Lipinski definition) is 1. The van der Waals surface area contributed by atoms with Crippen molar-refractivity contribution in [2.45, 2.75) is 31.7 Å². The summed E-state index contributed by atoms with van der Waals surface area (Å²) in [4.78, 5) is 6.56. The Morgan fingerprint density at radius 1 is 1.47 bits per heavy atom. The third-order valence-electron chi connectivity index (χ3n) is 4.05. The molecule has 2 rings (SSSR count). The molecular formula is C15H24FN3. The van der Waals surface area contributed by atoms with Gasteiger partial charge in [0.25, 0.3) is 0 Å².